The Balaban J connectivity index is 1.69. The van der Waals surface area contributed by atoms with E-state index >= 15 is 0 Å². The van der Waals surface area contributed by atoms with Crippen molar-refractivity contribution in [2.45, 2.75) is 0 Å². The van der Waals surface area contributed by atoms with Gasteiger partial charge in [-0.2, -0.15) is 5.10 Å². The van der Waals surface area contributed by atoms with Gasteiger partial charge in [-0.1, -0.05) is 6.07 Å². The molecule has 0 spiro atoms. The van der Waals surface area contributed by atoms with Crippen LogP contribution in [0.4, 0.5) is 21.6 Å². The van der Waals surface area contributed by atoms with Crippen molar-refractivity contribution in [1.29, 1.82) is 0 Å². The van der Waals surface area contributed by atoms with E-state index in [4.69, 9.17) is 10.5 Å². The quantitative estimate of drug-likeness (QED) is 0.539. The number of aromatic nitrogens is 4. The zero-order valence-electron chi connectivity index (χ0n) is 14.8. The van der Waals surface area contributed by atoms with E-state index in [0.717, 1.165) is 22.2 Å². The number of nitrogens with zero attached hydrogens (tertiary/aromatic N) is 4. The average Bonchev–Trinajstić information content (AvgIpc) is 3.05. The lowest BCUT2D eigenvalue weighted by Gasteiger charge is -2.12. The molecule has 7 nitrogen and oxygen atoms in total. The molecule has 3 N–H and O–H groups in total. The van der Waals surface area contributed by atoms with E-state index in [0.29, 0.717) is 17.3 Å². The fourth-order valence-electron chi connectivity index (χ4n) is 2.88. The number of aryl methyl sites for hydroxylation is 1. The molecule has 0 radical (unpaired) electrons. The number of benzene rings is 2. The molecule has 0 bridgehead atoms. The SMILES string of the molecule is COc1cc(F)c(N)cc1Nc1cc(-c2ccc3c(cnn3C)c2)ncn1. The Morgan fingerprint density at radius 2 is 2.00 bits per heavy atom. The molecule has 4 aromatic rings. The Labute approximate surface area is 154 Å². The van der Waals surface area contributed by atoms with Crippen LogP contribution in [0.3, 0.4) is 0 Å². The molecule has 8 heteroatoms. The Kier molecular flexibility index (Phi) is 4.08. The monoisotopic (exact) mass is 364 g/mol. The largest absolute Gasteiger partial charge is 0.494 e. The molecule has 0 fully saturated rings. The number of nitrogens with one attached hydrogen (secondary N) is 1. The molecule has 2 heterocycles. The molecule has 2 aromatic heterocycles. The minimum Gasteiger partial charge on any atom is -0.494 e. The van der Waals surface area contributed by atoms with Gasteiger partial charge in [0.1, 0.15) is 23.7 Å². The lowest BCUT2D eigenvalue weighted by atomic mass is 10.1. The number of fused-ring (bicyclic) bond motifs is 1. The van der Waals surface area contributed by atoms with Gasteiger partial charge in [0.25, 0.3) is 0 Å². The Morgan fingerprint density at radius 3 is 2.81 bits per heavy atom. The highest BCUT2D eigenvalue weighted by atomic mass is 19.1. The summed E-state index contributed by atoms with van der Waals surface area (Å²) in [4.78, 5) is 8.57. The van der Waals surface area contributed by atoms with Crippen LogP contribution in [0.15, 0.2) is 48.9 Å². The molecule has 4 rings (SSSR count). The Hall–Kier alpha value is -3.68. The topological polar surface area (TPSA) is 90.9 Å². The molecule has 0 aliphatic heterocycles. The zero-order valence-corrected chi connectivity index (χ0v) is 14.8. The van der Waals surface area contributed by atoms with Crippen molar-refractivity contribution < 1.29 is 9.13 Å². The van der Waals surface area contributed by atoms with Crippen LogP contribution < -0.4 is 15.8 Å². The van der Waals surface area contributed by atoms with Gasteiger partial charge in [0.05, 0.1) is 35.9 Å². The molecule has 136 valence electrons. The van der Waals surface area contributed by atoms with Crippen molar-refractivity contribution in [3.8, 4) is 17.0 Å². The van der Waals surface area contributed by atoms with Crippen LogP contribution in [-0.2, 0) is 7.05 Å². The highest BCUT2D eigenvalue weighted by Gasteiger charge is 2.11. The van der Waals surface area contributed by atoms with E-state index in [9.17, 15) is 4.39 Å². The highest BCUT2D eigenvalue weighted by Crippen LogP contribution is 2.32. The lowest BCUT2D eigenvalue weighted by molar-refractivity contribution is 0.413. The number of anilines is 3. The number of halogens is 1. The molecular formula is C19H17FN6O. The number of rotatable bonds is 4. The Morgan fingerprint density at radius 1 is 1.15 bits per heavy atom. The Bertz CT molecular complexity index is 1140. The van der Waals surface area contributed by atoms with Crippen LogP contribution in [0.25, 0.3) is 22.2 Å². The first-order valence-corrected chi connectivity index (χ1v) is 8.19. The first kappa shape index (κ1) is 16.8. The number of ether oxygens (including phenoxy) is 1. The maximum Gasteiger partial charge on any atom is 0.149 e. The van der Waals surface area contributed by atoms with Gasteiger partial charge in [-0.3, -0.25) is 4.68 Å². The van der Waals surface area contributed by atoms with Gasteiger partial charge < -0.3 is 15.8 Å². The molecule has 0 atom stereocenters. The van der Waals surface area contributed by atoms with Gasteiger partial charge in [-0.05, 0) is 18.2 Å². The summed E-state index contributed by atoms with van der Waals surface area (Å²) in [5.41, 5.74) is 8.92. The van der Waals surface area contributed by atoms with Crippen LogP contribution in [-0.4, -0.2) is 26.9 Å². The smallest absolute Gasteiger partial charge is 0.149 e. The summed E-state index contributed by atoms with van der Waals surface area (Å²) >= 11 is 0. The summed E-state index contributed by atoms with van der Waals surface area (Å²) in [7, 11) is 3.36. The molecule has 0 amide bonds. The number of hydrogen-bond donors (Lipinski definition) is 2. The normalized spacial score (nSPS) is 10.9. The van der Waals surface area contributed by atoms with E-state index in [-0.39, 0.29) is 5.69 Å². The van der Waals surface area contributed by atoms with Gasteiger partial charge in [-0.15, -0.1) is 0 Å². The van der Waals surface area contributed by atoms with Gasteiger partial charge in [0.15, 0.2) is 0 Å². The van der Waals surface area contributed by atoms with Crippen molar-refractivity contribution in [3.63, 3.8) is 0 Å². The van der Waals surface area contributed by atoms with Crippen molar-refractivity contribution in [1.82, 2.24) is 19.7 Å². The third kappa shape index (κ3) is 3.12. The van der Waals surface area contributed by atoms with Crippen molar-refractivity contribution in [2.75, 3.05) is 18.2 Å². The second-order valence-corrected chi connectivity index (χ2v) is 6.03. The minimum atomic E-state index is -0.537. The fraction of sp³-hybridized carbons (Fsp3) is 0.105. The predicted octanol–water partition coefficient (Wildman–Crippen LogP) is 3.50. The zero-order chi connectivity index (χ0) is 19.0. The van der Waals surface area contributed by atoms with E-state index in [1.807, 2.05) is 36.1 Å². The van der Waals surface area contributed by atoms with Crippen molar-refractivity contribution in [2.24, 2.45) is 7.05 Å². The number of methoxy groups -OCH3 is 1. The van der Waals surface area contributed by atoms with E-state index in [1.54, 1.807) is 6.07 Å². The van der Waals surface area contributed by atoms with Gasteiger partial charge in [0.2, 0.25) is 0 Å². The van der Waals surface area contributed by atoms with Gasteiger partial charge >= 0.3 is 0 Å². The summed E-state index contributed by atoms with van der Waals surface area (Å²) in [6.45, 7) is 0. The molecule has 0 aliphatic rings. The van der Waals surface area contributed by atoms with Crippen LogP contribution in [0.2, 0.25) is 0 Å². The molecule has 0 aliphatic carbocycles. The van der Waals surface area contributed by atoms with Crippen LogP contribution in [0.1, 0.15) is 0 Å². The molecule has 27 heavy (non-hydrogen) atoms. The molecule has 0 saturated carbocycles. The molecule has 2 aromatic carbocycles. The summed E-state index contributed by atoms with van der Waals surface area (Å²) in [6, 6.07) is 10.5. The second kappa shape index (κ2) is 6.56. The first-order chi connectivity index (χ1) is 13.0. The first-order valence-electron chi connectivity index (χ1n) is 8.19. The maximum absolute atomic E-state index is 13.6. The van der Waals surface area contributed by atoms with Gasteiger partial charge in [0, 0.05) is 30.1 Å². The van der Waals surface area contributed by atoms with Crippen molar-refractivity contribution in [3.05, 3.63) is 54.7 Å². The summed E-state index contributed by atoms with van der Waals surface area (Å²) in [6.07, 6.45) is 3.27. The average molecular weight is 364 g/mol. The van der Waals surface area contributed by atoms with Crippen molar-refractivity contribution >= 4 is 28.1 Å². The molecular weight excluding hydrogens is 347 g/mol. The summed E-state index contributed by atoms with van der Waals surface area (Å²) in [5.74, 6) is 0.333. The molecule has 0 unspecified atom stereocenters. The van der Waals surface area contributed by atoms with Crippen LogP contribution >= 0.6 is 0 Å². The number of nitrogens with two attached hydrogens (primary N) is 1. The summed E-state index contributed by atoms with van der Waals surface area (Å²) in [5, 5.41) is 8.38. The highest BCUT2D eigenvalue weighted by molar-refractivity contribution is 5.84. The fourth-order valence-corrected chi connectivity index (χ4v) is 2.88. The third-order valence-corrected chi connectivity index (χ3v) is 4.29. The second-order valence-electron chi connectivity index (χ2n) is 6.03. The van der Waals surface area contributed by atoms with Crippen LogP contribution in [0.5, 0.6) is 5.75 Å². The standard InChI is InChI=1S/C19H17FN6O/c1-26-17-4-3-11(5-12(17)9-24-26)15-8-19(23-10-22-15)25-16-7-14(21)13(20)6-18(16)27-2/h3-10H,21H2,1-2H3,(H,22,23,25). The summed E-state index contributed by atoms with van der Waals surface area (Å²) < 4.78 is 20.7. The minimum absolute atomic E-state index is 0.0228. The third-order valence-electron chi connectivity index (χ3n) is 4.29. The maximum atomic E-state index is 13.6. The van der Waals surface area contributed by atoms with Gasteiger partial charge in [-0.25, -0.2) is 14.4 Å². The lowest BCUT2D eigenvalue weighted by Crippen LogP contribution is -2.01. The number of hydrogen-bond acceptors (Lipinski definition) is 6. The predicted molar refractivity (Wildman–Crippen MR) is 102 cm³/mol. The van der Waals surface area contributed by atoms with E-state index < -0.39 is 5.82 Å². The van der Waals surface area contributed by atoms with E-state index in [2.05, 4.69) is 20.4 Å². The van der Waals surface area contributed by atoms with Crippen LogP contribution in [0, 0.1) is 5.82 Å². The number of nitrogen functional groups attached to an aromatic ring is 1. The molecule has 0 saturated heterocycles. The van der Waals surface area contributed by atoms with E-state index in [1.165, 1.54) is 25.6 Å².